The van der Waals surface area contributed by atoms with Crippen LogP contribution in [0.25, 0.3) is 0 Å². The number of halogens is 2. The molecule has 0 spiro atoms. The van der Waals surface area contributed by atoms with Crippen molar-refractivity contribution in [3.8, 4) is 0 Å². The molecule has 0 unspecified atom stereocenters. The Morgan fingerprint density at radius 1 is 1.25 bits per heavy atom. The van der Waals surface area contributed by atoms with E-state index in [1.807, 2.05) is 6.07 Å². The summed E-state index contributed by atoms with van der Waals surface area (Å²) < 4.78 is 13.3. The molecule has 1 fully saturated rings. The third-order valence-electron chi connectivity index (χ3n) is 3.93. The molecule has 4 heteroatoms. The first-order chi connectivity index (χ1) is 9.58. The minimum absolute atomic E-state index is 0.262. The zero-order valence-electron chi connectivity index (χ0n) is 12.3. The summed E-state index contributed by atoms with van der Waals surface area (Å²) in [5, 5.41) is 3.93. The fourth-order valence-electron chi connectivity index (χ4n) is 2.79. The van der Waals surface area contributed by atoms with Gasteiger partial charge in [0.15, 0.2) is 0 Å². The van der Waals surface area contributed by atoms with Crippen LogP contribution in [0.2, 0.25) is 5.02 Å². The molecule has 1 aliphatic rings. The van der Waals surface area contributed by atoms with Crippen LogP contribution in [-0.2, 0) is 0 Å². The second kappa shape index (κ2) is 7.39. The fourth-order valence-corrected chi connectivity index (χ4v) is 3.08. The molecule has 0 aliphatic carbocycles. The molecule has 1 saturated heterocycles. The summed E-state index contributed by atoms with van der Waals surface area (Å²) >= 11 is 6.28. The lowest BCUT2D eigenvalue weighted by Crippen LogP contribution is -2.45. The predicted molar refractivity (Wildman–Crippen MR) is 82.7 cm³/mol. The van der Waals surface area contributed by atoms with Crippen molar-refractivity contribution in [2.45, 2.75) is 32.7 Å². The van der Waals surface area contributed by atoms with E-state index in [1.165, 1.54) is 12.1 Å². The summed E-state index contributed by atoms with van der Waals surface area (Å²) in [6.07, 6.45) is 2.23. The van der Waals surface area contributed by atoms with Crippen LogP contribution in [0.4, 0.5) is 4.39 Å². The number of rotatable bonds is 5. The fraction of sp³-hybridized carbons (Fsp3) is 0.625. The summed E-state index contributed by atoms with van der Waals surface area (Å²) in [6, 6.07) is 5.10. The van der Waals surface area contributed by atoms with Crippen LogP contribution in [0.3, 0.4) is 0 Å². The van der Waals surface area contributed by atoms with E-state index in [0.717, 1.165) is 44.6 Å². The SMILES string of the molecule is CC(C)CC[C@H](c1ccc(F)cc1Cl)N1CCNCC1. The molecule has 1 aliphatic heterocycles. The topological polar surface area (TPSA) is 15.3 Å². The number of piperazine rings is 1. The van der Waals surface area contributed by atoms with Gasteiger partial charge in [-0.15, -0.1) is 0 Å². The van der Waals surface area contributed by atoms with Crippen molar-refractivity contribution in [3.63, 3.8) is 0 Å². The molecular weight excluding hydrogens is 275 g/mol. The molecule has 0 amide bonds. The van der Waals surface area contributed by atoms with Gasteiger partial charge in [0.05, 0.1) is 0 Å². The van der Waals surface area contributed by atoms with E-state index in [-0.39, 0.29) is 5.82 Å². The maximum Gasteiger partial charge on any atom is 0.124 e. The quantitative estimate of drug-likeness (QED) is 0.888. The van der Waals surface area contributed by atoms with Gasteiger partial charge in [0.25, 0.3) is 0 Å². The van der Waals surface area contributed by atoms with Crippen molar-refractivity contribution >= 4 is 11.6 Å². The monoisotopic (exact) mass is 298 g/mol. The van der Waals surface area contributed by atoms with Gasteiger partial charge in [0.1, 0.15) is 5.82 Å². The van der Waals surface area contributed by atoms with Gasteiger partial charge in [-0.05, 0) is 36.5 Å². The first kappa shape index (κ1) is 15.7. The maximum absolute atomic E-state index is 13.3. The van der Waals surface area contributed by atoms with Crippen LogP contribution < -0.4 is 5.32 Å². The highest BCUT2D eigenvalue weighted by atomic mass is 35.5. The molecule has 1 atom stereocenters. The van der Waals surface area contributed by atoms with Crippen LogP contribution in [0.15, 0.2) is 18.2 Å². The van der Waals surface area contributed by atoms with Crippen molar-refractivity contribution in [3.05, 3.63) is 34.6 Å². The second-order valence-corrected chi connectivity index (χ2v) is 6.35. The van der Waals surface area contributed by atoms with Crippen LogP contribution >= 0.6 is 11.6 Å². The maximum atomic E-state index is 13.3. The highest BCUT2D eigenvalue weighted by molar-refractivity contribution is 6.31. The van der Waals surface area contributed by atoms with Crippen molar-refractivity contribution < 1.29 is 4.39 Å². The van der Waals surface area contributed by atoms with Crippen LogP contribution in [0, 0.1) is 11.7 Å². The number of benzene rings is 1. The van der Waals surface area contributed by atoms with Gasteiger partial charge >= 0.3 is 0 Å². The molecule has 1 heterocycles. The Balaban J connectivity index is 2.19. The Morgan fingerprint density at radius 3 is 2.55 bits per heavy atom. The Labute approximate surface area is 126 Å². The summed E-state index contributed by atoms with van der Waals surface area (Å²) in [5.74, 6) is 0.404. The summed E-state index contributed by atoms with van der Waals surface area (Å²) in [5.41, 5.74) is 1.07. The van der Waals surface area contributed by atoms with Gasteiger partial charge < -0.3 is 5.32 Å². The normalized spacial score (nSPS) is 18.4. The lowest BCUT2D eigenvalue weighted by Gasteiger charge is -2.36. The van der Waals surface area contributed by atoms with Gasteiger partial charge in [0.2, 0.25) is 0 Å². The van der Waals surface area contributed by atoms with Crippen molar-refractivity contribution in [1.82, 2.24) is 10.2 Å². The number of nitrogens with one attached hydrogen (secondary N) is 1. The molecule has 112 valence electrons. The van der Waals surface area contributed by atoms with Gasteiger partial charge in [-0.2, -0.15) is 0 Å². The zero-order chi connectivity index (χ0) is 14.5. The van der Waals surface area contributed by atoms with E-state index in [0.29, 0.717) is 17.0 Å². The van der Waals surface area contributed by atoms with Crippen molar-refractivity contribution in [2.75, 3.05) is 26.2 Å². The molecule has 2 rings (SSSR count). The Morgan fingerprint density at radius 2 is 1.95 bits per heavy atom. The van der Waals surface area contributed by atoms with E-state index in [4.69, 9.17) is 11.6 Å². The van der Waals surface area contributed by atoms with E-state index in [9.17, 15) is 4.39 Å². The number of nitrogens with zero attached hydrogens (tertiary/aromatic N) is 1. The molecule has 0 bridgehead atoms. The Bertz CT molecular complexity index is 430. The highest BCUT2D eigenvalue weighted by Crippen LogP contribution is 2.32. The average Bonchev–Trinajstić information content (AvgIpc) is 2.42. The minimum Gasteiger partial charge on any atom is -0.314 e. The van der Waals surface area contributed by atoms with Crippen LogP contribution in [-0.4, -0.2) is 31.1 Å². The van der Waals surface area contributed by atoms with Crippen molar-refractivity contribution in [1.29, 1.82) is 0 Å². The van der Waals surface area contributed by atoms with E-state index >= 15 is 0 Å². The van der Waals surface area contributed by atoms with E-state index in [2.05, 4.69) is 24.1 Å². The first-order valence-electron chi connectivity index (χ1n) is 7.47. The Hall–Kier alpha value is -0.640. The minimum atomic E-state index is -0.262. The summed E-state index contributed by atoms with van der Waals surface area (Å²) in [7, 11) is 0. The molecule has 0 saturated carbocycles. The molecular formula is C16H24ClFN2. The third-order valence-corrected chi connectivity index (χ3v) is 4.26. The number of hydrogen-bond donors (Lipinski definition) is 1. The molecule has 1 aromatic carbocycles. The van der Waals surface area contributed by atoms with Crippen molar-refractivity contribution in [2.24, 2.45) is 5.92 Å². The first-order valence-corrected chi connectivity index (χ1v) is 7.85. The van der Waals surface area contributed by atoms with E-state index in [1.54, 1.807) is 0 Å². The highest BCUT2D eigenvalue weighted by Gasteiger charge is 2.24. The standard InChI is InChI=1S/C16H24ClFN2/c1-12(2)3-6-16(20-9-7-19-8-10-20)14-5-4-13(18)11-15(14)17/h4-5,11-12,16,19H,3,6-10H2,1-2H3/t16-/m1/s1. The molecule has 0 radical (unpaired) electrons. The largest absolute Gasteiger partial charge is 0.314 e. The average molecular weight is 299 g/mol. The molecule has 0 aromatic heterocycles. The Kier molecular flexibility index (Phi) is 5.82. The molecule has 20 heavy (non-hydrogen) atoms. The molecule has 2 nitrogen and oxygen atoms in total. The molecule has 1 N–H and O–H groups in total. The summed E-state index contributed by atoms with van der Waals surface area (Å²) in [4.78, 5) is 2.47. The molecule has 1 aromatic rings. The lowest BCUT2D eigenvalue weighted by molar-refractivity contribution is 0.160. The second-order valence-electron chi connectivity index (χ2n) is 5.94. The predicted octanol–water partition coefficient (Wildman–Crippen LogP) is 3.86. The van der Waals surface area contributed by atoms with Gasteiger partial charge in [-0.3, -0.25) is 4.90 Å². The summed E-state index contributed by atoms with van der Waals surface area (Å²) in [6.45, 7) is 8.54. The van der Waals surface area contributed by atoms with Crippen LogP contribution in [0.5, 0.6) is 0 Å². The van der Waals surface area contributed by atoms with Gasteiger partial charge in [0, 0.05) is 37.2 Å². The van der Waals surface area contributed by atoms with Gasteiger partial charge in [-0.1, -0.05) is 31.5 Å². The third kappa shape index (κ3) is 4.18. The van der Waals surface area contributed by atoms with Gasteiger partial charge in [-0.25, -0.2) is 4.39 Å². The zero-order valence-corrected chi connectivity index (χ0v) is 13.1. The lowest BCUT2D eigenvalue weighted by atomic mass is 9.95. The smallest absolute Gasteiger partial charge is 0.124 e. The van der Waals surface area contributed by atoms with Crippen LogP contribution in [0.1, 0.15) is 38.3 Å². The number of hydrogen-bond acceptors (Lipinski definition) is 2. The van der Waals surface area contributed by atoms with E-state index < -0.39 is 0 Å².